The summed E-state index contributed by atoms with van der Waals surface area (Å²) in [5, 5.41) is 10.1. The number of aromatic nitrogens is 2. The minimum absolute atomic E-state index is 0.0754. The van der Waals surface area contributed by atoms with Gasteiger partial charge in [0.15, 0.2) is 0 Å². The van der Waals surface area contributed by atoms with Gasteiger partial charge in [0.05, 0.1) is 17.3 Å². The van der Waals surface area contributed by atoms with Crippen molar-refractivity contribution < 1.29 is 13.2 Å². The molecule has 1 amide bonds. The normalized spacial score (nSPS) is 28.3. The summed E-state index contributed by atoms with van der Waals surface area (Å²) in [5.74, 6) is -0.204. The molecule has 8 nitrogen and oxygen atoms in total. The Bertz CT molecular complexity index is 756. The van der Waals surface area contributed by atoms with Crippen LogP contribution in [0.15, 0.2) is 4.90 Å². The van der Waals surface area contributed by atoms with Crippen LogP contribution in [0, 0.1) is 19.8 Å². The molecule has 3 rings (SSSR count). The lowest BCUT2D eigenvalue weighted by Crippen LogP contribution is -2.59. The van der Waals surface area contributed by atoms with Crippen molar-refractivity contribution in [3.63, 3.8) is 0 Å². The van der Waals surface area contributed by atoms with E-state index >= 15 is 0 Å². The van der Waals surface area contributed by atoms with E-state index in [9.17, 15) is 13.2 Å². The van der Waals surface area contributed by atoms with Crippen LogP contribution >= 0.6 is 0 Å². The number of rotatable bonds is 3. The highest BCUT2D eigenvalue weighted by atomic mass is 32.2. The number of piperazine rings is 1. The van der Waals surface area contributed by atoms with Crippen LogP contribution in [0.3, 0.4) is 0 Å². The van der Waals surface area contributed by atoms with E-state index in [0.717, 1.165) is 13.0 Å². The molecular formula is C17H29N5O3S. The number of hydrogen-bond donors (Lipinski definition) is 2. The number of sulfonamides is 1. The lowest BCUT2D eigenvalue weighted by Gasteiger charge is -2.42. The number of nitrogens with one attached hydrogen (secondary N) is 2. The van der Waals surface area contributed by atoms with Gasteiger partial charge in [0.25, 0.3) is 0 Å². The van der Waals surface area contributed by atoms with Gasteiger partial charge in [-0.15, -0.1) is 0 Å². The first-order valence-electron chi connectivity index (χ1n) is 9.29. The van der Waals surface area contributed by atoms with Gasteiger partial charge >= 0.3 is 0 Å². The molecule has 3 heterocycles. The van der Waals surface area contributed by atoms with E-state index in [1.54, 1.807) is 13.8 Å². The number of nitrogens with zero attached hydrogens (tertiary/aromatic N) is 3. The zero-order valence-electron chi connectivity index (χ0n) is 15.9. The summed E-state index contributed by atoms with van der Waals surface area (Å²) in [6.45, 7) is 9.67. The largest absolute Gasteiger partial charge is 0.337 e. The average molecular weight is 384 g/mol. The van der Waals surface area contributed by atoms with Gasteiger partial charge in [-0.05, 0) is 40.5 Å². The second-order valence-corrected chi connectivity index (χ2v) is 9.36. The Kier molecular flexibility index (Phi) is 5.41. The van der Waals surface area contributed by atoms with Gasteiger partial charge in [0, 0.05) is 38.3 Å². The predicted molar refractivity (Wildman–Crippen MR) is 98.2 cm³/mol. The molecule has 0 aromatic carbocycles. The first kappa shape index (κ1) is 19.3. The van der Waals surface area contributed by atoms with Crippen LogP contribution < -0.4 is 5.32 Å². The van der Waals surface area contributed by atoms with Gasteiger partial charge in [-0.25, -0.2) is 8.42 Å². The zero-order chi connectivity index (χ0) is 19.1. The smallest absolute Gasteiger partial charge is 0.246 e. The fraction of sp³-hybridized carbons (Fsp3) is 0.765. The quantitative estimate of drug-likeness (QED) is 0.798. The zero-order valence-corrected chi connectivity index (χ0v) is 16.8. The molecule has 3 unspecified atom stereocenters. The van der Waals surface area contributed by atoms with E-state index < -0.39 is 10.0 Å². The Morgan fingerprint density at radius 3 is 2.62 bits per heavy atom. The number of H-pyrrole nitrogens is 1. The molecule has 2 saturated heterocycles. The number of carbonyl (C=O) groups excluding carboxylic acids is 1. The summed E-state index contributed by atoms with van der Waals surface area (Å²) in [6.07, 6.45) is 1.43. The van der Waals surface area contributed by atoms with Crippen LogP contribution in [0.4, 0.5) is 0 Å². The summed E-state index contributed by atoms with van der Waals surface area (Å²) in [4.78, 5) is 15.2. The fourth-order valence-corrected chi connectivity index (χ4v) is 5.87. The molecule has 2 aliphatic rings. The molecule has 1 aromatic rings. The molecule has 1 aromatic heterocycles. The molecule has 0 spiro atoms. The maximum Gasteiger partial charge on any atom is 0.246 e. The lowest BCUT2D eigenvalue weighted by atomic mass is 9.96. The minimum Gasteiger partial charge on any atom is -0.337 e. The number of amides is 1. The van der Waals surface area contributed by atoms with Crippen LogP contribution in [0.5, 0.6) is 0 Å². The fourth-order valence-electron chi connectivity index (χ4n) is 4.01. The Morgan fingerprint density at radius 1 is 1.23 bits per heavy atom. The summed E-state index contributed by atoms with van der Waals surface area (Å²) < 4.78 is 27.6. The Labute approximate surface area is 155 Å². The average Bonchev–Trinajstić information content (AvgIpc) is 2.96. The van der Waals surface area contributed by atoms with E-state index in [0.29, 0.717) is 30.9 Å². The third-order valence-corrected chi connectivity index (χ3v) is 7.84. The summed E-state index contributed by atoms with van der Waals surface area (Å²) in [5.41, 5.74) is 1.01. The van der Waals surface area contributed by atoms with Gasteiger partial charge in [0.1, 0.15) is 4.90 Å². The van der Waals surface area contributed by atoms with Crippen molar-refractivity contribution in [2.45, 2.75) is 57.5 Å². The van der Waals surface area contributed by atoms with Gasteiger partial charge in [-0.3, -0.25) is 9.89 Å². The van der Waals surface area contributed by atoms with E-state index in [4.69, 9.17) is 0 Å². The van der Waals surface area contributed by atoms with Crippen LogP contribution in [-0.2, 0) is 14.8 Å². The second-order valence-electron chi connectivity index (χ2n) is 7.48. The number of aryl methyl sites for hydroxylation is 2. The lowest BCUT2D eigenvalue weighted by molar-refractivity contribution is -0.140. The van der Waals surface area contributed by atoms with Gasteiger partial charge in [-0.2, -0.15) is 9.40 Å². The first-order chi connectivity index (χ1) is 12.2. The Hall–Kier alpha value is -1.45. The SMILES string of the molecule is Cc1n[nH]c(C)c1S(=O)(=O)N1CCCC(C(=O)N2CCNC(C)C2C)C1. The minimum atomic E-state index is -3.65. The summed E-state index contributed by atoms with van der Waals surface area (Å²) >= 11 is 0. The number of hydrogen-bond acceptors (Lipinski definition) is 5. The third kappa shape index (κ3) is 3.39. The molecule has 2 fully saturated rings. The van der Waals surface area contributed by atoms with E-state index in [2.05, 4.69) is 22.4 Å². The van der Waals surface area contributed by atoms with E-state index in [1.807, 2.05) is 11.8 Å². The van der Waals surface area contributed by atoms with Gasteiger partial charge in [0.2, 0.25) is 15.9 Å². The van der Waals surface area contributed by atoms with Crippen molar-refractivity contribution in [3.8, 4) is 0 Å². The topological polar surface area (TPSA) is 98.4 Å². The molecule has 146 valence electrons. The maximum absolute atomic E-state index is 13.1. The molecule has 2 N–H and O–H groups in total. The van der Waals surface area contributed by atoms with Crippen LogP contribution in [-0.4, -0.2) is 72.0 Å². The van der Waals surface area contributed by atoms with E-state index in [-0.39, 0.29) is 35.3 Å². The molecule has 0 saturated carbocycles. The van der Waals surface area contributed by atoms with Crippen LogP contribution in [0.1, 0.15) is 38.1 Å². The first-order valence-corrected chi connectivity index (χ1v) is 10.7. The van der Waals surface area contributed by atoms with Crippen molar-refractivity contribution in [2.24, 2.45) is 5.92 Å². The molecule has 2 aliphatic heterocycles. The van der Waals surface area contributed by atoms with Crippen molar-refractivity contribution in [3.05, 3.63) is 11.4 Å². The maximum atomic E-state index is 13.1. The highest BCUT2D eigenvalue weighted by molar-refractivity contribution is 7.89. The van der Waals surface area contributed by atoms with Crippen LogP contribution in [0.25, 0.3) is 0 Å². The molecule has 0 radical (unpaired) electrons. The number of aromatic amines is 1. The standard InChI is InChI=1S/C17H29N5O3S/c1-11-14(4)22(9-7-18-11)17(23)15-6-5-8-21(10-15)26(24,25)16-12(2)19-20-13(16)3/h11,14-15,18H,5-10H2,1-4H3,(H,19,20). The highest BCUT2D eigenvalue weighted by Crippen LogP contribution is 2.28. The van der Waals surface area contributed by atoms with Gasteiger partial charge in [-0.1, -0.05) is 0 Å². The summed E-state index contributed by atoms with van der Waals surface area (Å²) in [7, 11) is -3.65. The van der Waals surface area contributed by atoms with Crippen molar-refractivity contribution in [2.75, 3.05) is 26.2 Å². The predicted octanol–water partition coefficient (Wildman–Crippen LogP) is 0.636. The Morgan fingerprint density at radius 2 is 1.96 bits per heavy atom. The Balaban J connectivity index is 1.78. The van der Waals surface area contributed by atoms with Crippen molar-refractivity contribution >= 4 is 15.9 Å². The monoisotopic (exact) mass is 383 g/mol. The van der Waals surface area contributed by atoms with E-state index in [1.165, 1.54) is 4.31 Å². The molecule has 3 atom stereocenters. The number of carbonyl (C=O) groups is 1. The molecule has 9 heteroatoms. The van der Waals surface area contributed by atoms with Gasteiger partial charge < -0.3 is 10.2 Å². The molecule has 0 aliphatic carbocycles. The van der Waals surface area contributed by atoms with Crippen LogP contribution in [0.2, 0.25) is 0 Å². The number of piperidine rings is 1. The van der Waals surface area contributed by atoms with Crippen molar-refractivity contribution in [1.82, 2.24) is 24.7 Å². The highest BCUT2D eigenvalue weighted by Gasteiger charge is 2.39. The summed E-state index contributed by atoms with van der Waals surface area (Å²) in [6, 6.07) is 0.356. The second kappa shape index (κ2) is 7.28. The molecule has 26 heavy (non-hydrogen) atoms. The molecule has 0 bridgehead atoms. The third-order valence-electron chi connectivity index (χ3n) is 5.71. The molecular weight excluding hydrogens is 354 g/mol. The van der Waals surface area contributed by atoms with Crippen molar-refractivity contribution in [1.29, 1.82) is 0 Å².